The largest absolute Gasteiger partial charge is 0.327 e. The first-order valence-electron chi connectivity index (χ1n) is 4.84. The minimum absolute atomic E-state index is 0.228. The molecule has 1 nitrogen and oxygen atoms in total. The lowest BCUT2D eigenvalue weighted by atomic mass is 10.0. The fourth-order valence-electron chi connectivity index (χ4n) is 1.38. The molecule has 0 aliphatic rings. The minimum atomic E-state index is 0.228. The van der Waals surface area contributed by atoms with Gasteiger partial charge in [0.1, 0.15) is 0 Å². The molecule has 76 valence electrons. The van der Waals surface area contributed by atoms with E-state index < -0.39 is 0 Å². The molecule has 14 heavy (non-hydrogen) atoms. The summed E-state index contributed by atoms with van der Waals surface area (Å²) in [6.07, 6.45) is 4.84. The Labute approximate surface area is 94.1 Å². The minimum Gasteiger partial charge on any atom is -0.327 e. The Balaban J connectivity index is 2.51. The van der Waals surface area contributed by atoms with Crippen LogP contribution in [-0.4, -0.2) is 6.04 Å². The standard InChI is InChI=1S/C12H16BrN/c1-2-3-7-11(14)9-10-6-4-5-8-12(10)13/h2,4-6,8,11H,1,3,7,9,14H2/t11-/m0/s1. The van der Waals surface area contributed by atoms with Crippen LogP contribution in [0.25, 0.3) is 0 Å². The molecule has 0 aliphatic carbocycles. The molecule has 0 heterocycles. The topological polar surface area (TPSA) is 26.0 Å². The summed E-state index contributed by atoms with van der Waals surface area (Å²) >= 11 is 3.52. The summed E-state index contributed by atoms with van der Waals surface area (Å²) in [5.74, 6) is 0. The molecule has 0 bridgehead atoms. The van der Waals surface area contributed by atoms with Crippen molar-refractivity contribution in [3.8, 4) is 0 Å². The first kappa shape index (κ1) is 11.5. The molecule has 0 spiro atoms. The Morgan fingerprint density at radius 3 is 2.79 bits per heavy atom. The van der Waals surface area contributed by atoms with E-state index in [-0.39, 0.29) is 6.04 Å². The van der Waals surface area contributed by atoms with E-state index in [4.69, 9.17) is 5.73 Å². The van der Waals surface area contributed by atoms with E-state index in [1.807, 2.05) is 18.2 Å². The summed E-state index contributed by atoms with van der Waals surface area (Å²) in [4.78, 5) is 0. The van der Waals surface area contributed by atoms with Crippen molar-refractivity contribution in [1.29, 1.82) is 0 Å². The summed E-state index contributed by atoms with van der Waals surface area (Å²) in [6.45, 7) is 3.69. The highest BCUT2D eigenvalue weighted by Gasteiger charge is 2.05. The summed E-state index contributed by atoms with van der Waals surface area (Å²) in [6, 6.07) is 8.45. The normalized spacial score (nSPS) is 12.4. The van der Waals surface area contributed by atoms with Gasteiger partial charge in [-0.2, -0.15) is 0 Å². The number of nitrogens with two attached hydrogens (primary N) is 1. The molecule has 0 saturated heterocycles. The van der Waals surface area contributed by atoms with Crippen molar-refractivity contribution in [2.24, 2.45) is 5.73 Å². The van der Waals surface area contributed by atoms with E-state index in [0.717, 1.165) is 23.7 Å². The molecule has 0 aliphatic heterocycles. The quantitative estimate of drug-likeness (QED) is 0.802. The van der Waals surface area contributed by atoms with E-state index >= 15 is 0 Å². The Bertz CT molecular complexity index is 296. The fraction of sp³-hybridized carbons (Fsp3) is 0.333. The van der Waals surface area contributed by atoms with Crippen LogP contribution in [0.2, 0.25) is 0 Å². The number of halogens is 1. The van der Waals surface area contributed by atoms with Gasteiger partial charge in [-0.05, 0) is 30.9 Å². The number of rotatable bonds is 5. The second-order valence-electron chi connectivity index (χ2n) is 3.42. The molecule has 0 aromatic heterocycles. The highest BCUT2D eigenvalue weighted by Crippen LogP contribution is 2.17. The van der Waals surface area contributed by atoms with Gasteiger partial charge >= 0.3 is 0 Å². The highest BCUT2D eigenvalue weighted by atomic mass is 79.9. The van der Waals surface area contributed by atoms with Crippen molar-refractivity contribution in [3.05, 3.63) is 47.0 Å². The van der Waals surface area contributed by atoms with Crippen molar-refractivity contribution in [3.63, 3.8) is 0 Å². The first-order valence-corrected chi connectivity index (χ1v) is 5.63. The number of hydrogen-bond acceptors (Lipinski definition) is 1. The molecule has 2 heteroatoms. The second kappa shape index (κ2) is 5.99. The zero-order valence-corrected chi connectivity index (χ0v) is 9.83. The lowest BCUT2D eigenvalue weighted by molar-refractivity contribution is 0.617. The summed E-state index contributed by atoms with van der Waals surface area (Å²) in [5.41, 5.74) is 7.27. The maximum Gasteiger partial charge on any atom is 0.0207 e. The molecule has 1 atom stereocenters. The zero-order valence-electron chi connectivity index (χ0n) is 8.25. The molecule has 0 unspecified atom stereocenters. The average Bonchev–Trinajstić information content (AvgIpc) is 2.18. The molecule has 0 amide bonds. The lowest BCUT2D eigenvalue weighted by Gasteiger charge is -2.11. The smallest absolute Gasteiger partial charge is 0.0207 e. The maximum absolute atomic E-state index is 5.99. The van der Waals surface area contributed by atoms with Gasteiger partial charge in [-0.1, -0.05) is 40.2 Å². The maximum atomic E-state index is 5.99. The average molecular weight is 254 g/mol. The first-order chi connectivity index (χ1) is 6.74. The second-order valence-corrected chi connectivity index (χ2v) is 4.28. The van der Waals surface area contributed by atoms with Crippen LogP contribution in [0.4, 0.5) is 0 Å². The lowest BCUT2D eigenvalue weighted by Crippen LogP contribution is -2.22. The van der Waals surface area contributed by atoms with Crippen LogP contribution < -0.4 is 5.73 Å². The molecular formula is C12H16BrN. The molecule has 1 aromatic carbocycles. The van der Waals surface area contributed by atoms with Crippen LogP contribution in [0.1, 0.15) is 18.4 Å². The zero-order chi connectivity index (χ0) is 10.4. The fourth-order valence-corrected chi connectivity index (χ4v) is 1.83. The third kappa shape index (κ3) is 3.64. The predicted molar refractivity (Wildman–Crippen MR) is 65.3 cm³/mol. The van der Waals surface area contributed by atoms with Crippen LogP contribution in [0.15, 0.2) is 41.4 Å². The van der Waals surface area contributed by atoms with Gasteiger partial charge in [-0.15, -0.1) is 6.58 Å². The van der Waals surface area contributed by atoms with Crippen LogP contribution in [-0.2, 0) is 6.42 Å². The Kier molecular flexibility index (Phi) is 4.91. The third-order valence-corrected chi connectivity index (χ3v) is 2.96. The van der Waals surface area contributed by atoms with Crippen LogP contribution in [0.3, 0.4) is 0 Å². The van der Waals surface area contributed by atoms with Crippen molar-refractivity contribution in [1.82, 2.24) is 0 Å². The van der Waals surface area contributed by atoms with Gasteiger partial charge in [0.2, 0.25) is 0 Å². The van der Waals surface area contributed by atoms with Gasteiger partial charge < -0.3 is 5.73 Å². The van der Waals surface area contributed by atoms with Crippen LogP contribution in [0.5, 0.6) is 0 Å². The molecule has 0 radical (unpaired) electrons. The molecule has 0 fully saturated rings. The van der Waals surface area contributed by atoms with Gasteiger partial charge in [-0.3, -0.25) is 0 Å². The van der Waals surface area contributed by atoms with Crippen molar-refractivity contribution in [2.45, 2.75) is 25.3 Å². The molecular weight excluding hydrogens is 238 g/mol. The third-order valence-electron chi connectivity index (χ3n) is 2.18. The van der Waals surface area contributed by atoms with Gasteiger partial charge in [0.25, 0.3) is 0 Å². The number of hydrogen-bond donors (Lipinski definition) is 1. The molecule has 1 rings (SSSR count). The van der Waals surface area contributed by atoms with Crippen LogP contribution >= 0.6 is 15.9 Å². The van der Waals surface area contributed by atoms with Gasteiger partial charge in [0, 0.05) is 10.5 Å². The van der Waals surface area contributed by atoms with Crippen molar-refractivity contribution >= 4 is 15.9 Å². The SMILES string of the molecule is C=CCC[C@H](N)Cc1ccccc1Br. The van der Waals surface area contributed by atoms with Gasteiger partial charge in [-0.25, -0.2) is 0 Å². The van der Waals surface area contributed by atoms with Crippen LogP contribution in [0, 0.1) is 0 Å². The Morgan fingerprint density at radius 2 is 2.14 bits per heavy atom. The predicted octanol–water partition coefficient (Wildman–Crippen LogP) is 3.29. The number of benzene rings is 1. The van der Waals surface area contributed by atoms with Gasteiger partial charge in [0.15, 0.2) is 0 Å². The molecule has 1 aromatic rings. The van der Waals surface area contributed by atoms with E-state index in [9.17, 15) is 0 Å². The van der Waals surface area contributed by atoms with E-state index in [1.54, 1.807) is 0 Å². The van der Waals surface area contributed by atoms with E-state index in [0.29, 0.717) is 0 Å². The summed E-state index contributed by atoms with van der Waals surface area (Å²) in [5, 5.41) is 0. The van der Waals surface area contributed by atoms with E-state index in [1.165, 1.54) is 5.56 Å². The van der Waals surface area contributed by atoms with Gasteiger partial charge in [0.05, 0.1) is 0 Å². The van der Waals surface area contributed by atoms with E-state index in [2.05, 4.69) is 34.6 Å². The monoisotopic (exact) mass is 253 g/mol. The Morgan fingerprint density at radius 1 is 1.43 bits per heavy atom. The Hall–Kier alpha value is -0.600. The summed E-state index contributed by atoms with van der Waals surface area (Å²) in [7, 11) is 0. The molecule has 0 saturated carbocycles. The molecule has 2 N–H and O–H groups in total. The van der Waals surface area contributed by atoms with Crippen molar-refractivity contribution < 1.29 is 0 Å². The number of allylic oxidation sites excluding steroid dienone is 1. The highest BCUT2D eigenvalue weighted by molar-refractivity contribution is 9.10. The summed E-state index contributed by atoms with van der Waals surface area (Å²) < 4.78 is 1.15. The van der Waals surface area contributed by atoms with Crippen molar-refractivity contribution in [2.75, 3.05) is 0 Å².